The van der Waals surface area contributed by atoms with Crippen LogP contribution in [-0.2, 0) is 31.5 Å². The SMILES string of the molecule is CNC(=O)[C@@H](NC(=O)[C@H](CC(C)C)[C@H](NS(=O)(=O)c1cn(C)cn1)C(=O)NO)C(C)(C)C. The van der Waals surface area contributed by atoms with E-state index in [1.807, 2.05) is 0 Å². The van der Waals surface area contributed by atoms with E-state index in [2.05, 4.69) is 20.3 Å². The summed E-state index contributed by atoms with van der Waals surface area (Å²) in [6, 6.07) is -2.60. The van der Waals surface area contributed by atoms with Crippen molar-refractivity contribution in [1.29, 1.82) is 0 Å². The molecule has 0 saturated carbocycles. The highest BCUT2D eigenvalue weighted by Crippen LogP contribution is 2.23. The molecule has 1 heterocycles. The number of aromatic nitrogens is 2. The molecule has 0 radical (unpaired) electrons. The smallest absolute Gasteiger partial charge is 0.262 e. The minimum Gasteiger partial charge on any atom is -0.357 e. The Hall–Kier alpha value is -2.51. The van der Waals surface area contributed by atoms with Crippen LogP contribution in [0.2, 0.25) is 0 Å². The Morgan fingerprint density at radius 3 is 2.16 bits per heavy atom. The molecule has 1 aromatic heterocycles. The molecule has 0 aliphatic carbocycles. The second-order valence-corrected chi connectivity index (χ2v) is 10.8. The zero-order valence-electron chi connectivity index (χ0n) is 19.5. The summed E-state index contributed by atoms with van der Waals surface area (Å²) >= 11 is 0. The van der Waals surface area contributed by atoms with E-state index in [9.17, 15) is 28.0 Å². The van der Waals surface area contributed by atoms with Crippen LogP contribution >= 0.6 is 0 Å². The molecule has 3 atom stereocenters. The zero-order chi connectivity index (χ0) is 24.9. The van der Waals surface area contributed by atoms with Gasteiger partial charge in [-0.1, -0.05) is 34.6 Å². The van der Waals surface area contributed by atoms with Crippen molar-refractivity contribution in [2.75, 3.05) is 7.05 Å². The van der Waals surface area contributed by atoms with E-state index in [1.165, 1.54) is 29.6 Å². The number of hydroxylamine groups is 1. The summed E-state index contributed by atoms with van der Waals surface area (Å²) < 4.78 is 29.1. The predicted octanol–water partition coefficient (Wildman–Crippen LogP) is -0.488. The number of hydrogen-bond donors (Lipinski definition) is 5. The van der Waals surface area contributed by atoms with Crippen molar-refractivity contribution >= 4 is 27.7 Å². The van der Waals surface area contributed by atoms with Crippen LogP contribution in [0.4, 0.5) is 0 Å². The lowest BCUT2D eigenvalue weighted by molar-refractivity contribution is -0.139. The predicted molar refractivity (Wildman–Crippen MR) is 116 cm³/mol. The number of likely N-dealkylation sites (N-methyl/N-ethyl adjacent to an activating group) is 1. The molecule has 0 saturated heterocycles. The molecule has 182 valence electrons. The van der Waals surface area contributed by atoms with E-state index in [4.69, 9.17) is 0 Å². The molecule has 0 spiro atoms. The Morgan fingerprint density at radius 1 is 1.16 bits per heavy atom. The maximum Gasteiger partial charge on any atom is 0.262 e. The molecule has 0 fully saturated rings. The van der Waals surface area contributed by atoms with Gasteiger partial charge in [-0.05, 0) is 17.8 Å². The van der Waals surface area contributed by atoms with Crippen LogP contribution in [0.3, 0.4) is 0 Å². The molecule has 0 aliphatic heterocycles. The lowest BCUT2D eigenvalue weighted by Gasteiger charge is -2.33. The van der Waals surface area contributed by atoms with E-state index in [-0.39, 0.29) is 17.4 Å². The Balaban J connectivity index is 3.36. The summed E-state index contributed by atoms with van der Waals surface area (Å²) in [5.74, 6) is -3.61. The Kier molecular flexibility index (Phi) is 9.36. The molecule has 0 bridgehead atoms. The number of carbonyl (C=O) groups excluding carboxylic acids is 3. The van der Waals surface area contributed by atoms with Crippen LogP contribution in [-0.4, -0.2) is 60.0 Å². The highest BCUT2D eigenvalue weighted by Gasteiger charge is 2.41. The number of nitrogens with zero attached hydrogens (tertiary/aromatic N) is 2. The standard InChI is InChI=1S/C19H34N6O6S/c1-11(2)8-12(16(26)22-15(18(28)20-6)19(3,4)5)14(17(27)23-29)24-32(30,31)13-9-25(7)10-21-13/h9-12,14-15,24,29H,8H2,1-7H3,(H,20,28)(H,22,26)(H,23,27)/t12-,14+,15-/m1/s1. The van der Waals surface area contributed by atoms with Gasteiger partial charge < -0.3 is 15.2 Å². The van der Waals surface area contributed by atoms with Crippen LogP contribution in [0.5, 0.6) is 0 Å². The number of imidazole rings is 1. The summed E-state index contributed by atoms with van der Waals surface area (Å²) in [5.41, 5.74) is 0.753. The molecular formula is C19H34N6O6S. The van der Waals surface area contributed by atoms with E-state index in [1.54, 1.807) is 41.7 Å². The first kappa shape index (κ1) is 27.5. The maximum absolute atomic E-state index is 13.2. The Bertz CT molecular complexity index is 921. The molecule has 12 nitrogen and oxygen atoms in total. The average Bonchev–Trinajstić information content (AvgIpc) is 3.13. The largest absolute Gasteiger partial charge is 0.357 e. The van der Waals surface area contributed by atoms with Crippen molar-refractivity contribution in [3.63, 3.8) is 0 Å². The van der Waals surface area contributed by atoms with Gasteiger partial charge in [-0.25, -0.2) is 18.9 Å². The quantitative estimate of drug-likeness (QED) is 0.225. The third-order valence-corrected chi connectivity index (χ3v) is 6.08. The number of aryl methyl sites for hydroxylation is 1. The van der Waals surface area contributed by atoms with Crippen LogP contribution in [0, 0.1) is 17.3 Å². The molecule has 32 heavy (non-hydrogen) atoms. The third-order valence-electron chi connectivity index (χ3n) is 4.76. The number of rotatable bonds is 10. The van der Waals surface area contributed by atoms with E-state index in [0.717, 1.165) is 0 Å². The molecular weight excluding hydrogens is 440 g/mol. The second kappa shape index (κ2) is 10.9. The second-order valence-electron chi connectivity index (χ2n) is 9.11. The average molecular weight is 475 g/mol. The van der Waals surface area contributed by atoms with Gasteiger partial charge in [0.1, 0.15) is 12.1 Å². The van der Waals surface area contributed by atoms with Crippen molar-refractivity contribution in [2.45, 2.75) is 58.1 Å². The van der Waals surface area contributed by atoms with Crippen LogP contribution in [0.15, 0.2) is 17.6 Å². The summed E-state index contributed by atoms with van der Waals surface area (Å²) in [5, 5.41) is 14.0. The Morgan fingerprint density at radius 2 is 1.75 bits per heavy atom. The van der Waals surface area contributed by atoms with Gasteiger partial charge in [0, 0.05) is 20.3 Å². The molecule has 13 heteroatoms. The summed E-state index contributed by atoms with van der Waals surface area (Å²) in [6.07, 6.45) is 2.60. The molecule has 1 aromatic rings. The summed E-state index contributed by atoms with van der Waals surface area (Å²) in [7, 11) is -1.29. The fourth-order valence-electron chi connectivity index (χ4n) is 3.11. The lowest BCUT2D eigenvalue weighted by atomic mass is 9.84. The maximum atomic E-state index is 13.2. The number of sulfonamides is 1. The van der Waals surface area contributed by atoms with Gasteiger partial charge in [-0.15, -0.1) is 0 Å². The minimum absolute atomic E-state index is 0.0965. The third kappa shape index (κ3) is 7.28. The van der Waals surface area contributed by atoms with Crippen molar-refractivity contribution in [3.05, 3.63) is 12.5 Å². The minimum atomic E-state index is -4.30. The van der Waals surface area contributed by atoms with Gasteiger partial charge in [0.05, 0.1) is 12.2 Å². The molecule has 0 aromatic carbocycles. The molecule has 5 N–H and O–H groups in total. The van der Waals surface area contributed by atoms with Crippen LogP contribution in [0.1, 0.15) is 41.0 Å². The van der Waals surface area contributed by atoms with Gasteiger partial charge in [0.15, 0.2) is 5.03 Å². The highest BCUT2D eigenvalue weighted by atomic mass is 32.2. The summed E-state index contributed by atoms with van der Waals surface area (Å²) in [4.78, 5) is 41.8. The van der Waals surface area contributed by atoms with Crippen molar-refractivity contribution < 1.29 is 28.0 Å². The fraction of sp³-hybridized carbons (Fsp3) is 0.684. The summed E-state index contributed by atoms with van der Waals surface area (Å²) in [6.45, 7) is 8.86. The van der Waals surface area contributed by atoms with Crippen LogP contribution in [0.25, 0.3) is 0 Å². The number of carbonyl (C=O) groups is 3. The van der Waals surface area contributed by atoms with Gasteiger partial charge in [-0.3, -0.25) is 19.6 Å². The van der Waals surface area contributed by atoms with E-state index in [0.29, 0.717) is 0 Å². The molecule has 1 rings (SSSR count). The number of hydrogen-bond acceptors (Lipinski definition) is 7. The Labute approximate surface area is 188 Å². The topological polar surface area (TPSA) is 172 Å². The van der Waals surface area contributed by atoms with Gasteiger partial charge in [0.25, 0.3) is 15.9 Å². The van der Waals surface area contributed by atoms with Crippen molar-refractivity contribution in [2.24, 2.45) is 24.3 Å². The van der Waals surface area contributed by atoms with Crippen molar-refractivity contribution in [3.8, 4) is 0 Å². The van der Waals surface area contributed by atoms with Gasteiger partial charge in [-0.2, -0.15) is 4.72 Å². The lowest BCUT2D eigenvalue weighted by Crippen LogP contribution is -2.59. The van der Waals surface area contributed by atoms with E-state index >= 15 is 0 Å². The van der Waals surface area contributed by atoms with Crippen molar-refractivity contribution in [1.82, 2.24) is 30.4 Å². The number of amides is 3. The van der Waals surface area contributed by atoms with Crippen LogP contribution < -0.4 is 20.8 Å². The molecule has 0 aliphatic rings. The fourth-order valence-corrected chi connectivity index (χ4v) is 4.33. The first-order chi connectivity index (χ1) is 14.6. The monoisotopic (exact) mass is 474 g/mol. The van der Waals surface area contributed by atoms with E-state index < -0.39 is 51.2 Å². The molecule has 0 unspecified atom stereocenters. The first-order valence-electron chi connectivity index (χ1n) is 10.1. The highest BCUT2D eigenvalue weighted by molar-refractivity contribution is 7.89. The zero-order valence-corrected chi connectivity index (χ0v) is 20.3. The molecule has 3 amide bonds. The van der Waals surface area contributed by atoms with Gasteiger partial charge in [0.2, 0.25) is 11.8 Å². The van der Waals surface area contributed by atoms with Gasteiger partial charge >= 0.3 is 0 Å². The normalized spacial score (nSPS) is 15.0. The number of nitrogens with one attached hydrogen (secondary N) is 4. The first-order valence-corrected chi connectivity index (χ1v) is 11.6.